The highest BCUT2D eigenvalue weighted by molar-refractivity contribution is 5.85. The SMILES string of the molecule is COCC1(c2nc(-c3ccc(Oc4ccc(F)cc4)nc3)no2)CCNCC1.Cl. The van der Waals surface area contributed by atoms with Gasteiger partial charge in [-0.05, 0) is 56.3 Å². The van der Waals surface area contributed by atoms with Crippen LogP contribution in [0.5, 0.6) is 11.6 Å². The van der Waals surface area contributed by atoms with E-state index < -0.39 is 0 Å². The lowest BCUT2D eigenvalue weighted by molar-refractivity contribution is 0.0850. The van der Waals surface area contributed by atoms with Gasteiger partial charge in [0.15, 0.2) is 0 Å². The number of hydrogen-bond donors (Lipinski definition) is 1. The number of ether oxygens (including phenoxy) is 2. The van der Waals surface area contributed by atoms with Crippen LogP contribution in [0.25, 0.3) is 11.4 Å². The summed E-state index contributed by atoms with van der Waals surface area (Å²) in [6.07, 6.45) is 3.38. The number of halogens is 2. The number of pyridine rings is 1. The summed E-state index contributed by atoms with van der Waals surface area (Å²) in [5.41, 5.74) is 0.465. The summed E-state index contributed by atoms with van der Waals surface area (Å²) in [6.45, 7) is 2.31. The van der Waals surface area contributed by atoms with Gasteiger partial charge < -0.3 is 19.3 Å². The third-order valence-electron chi connectivity index (χ3n) is 4.89. The highest BCUT2D eigenvalue weighted by Gasteiger charge is 2.39. The zero-order valence-electron chi connectivity index (χ0n) is 15.9. The highest BCUT2D eigenvalue weighted by Crippen LogP contribution is 2.34. The number of aromatic nitrogens is 3. The lowest BCUT2D eigenvalue weighted by Crippen LogP contribution is -2.43. The molecule has 0 aliphatic carbocycles. The van der Waals surface area contributed by atoms with Crippen molar-refractivity contribution in [2.75, 3.05) is 26.8 Å². The van der Waals surface area contributed by atoms with E-state index >= 15 is 0 Å². The molecule has 0 unspecified atom stereocenters. The van der Waals surface area contributed by atoms with Crippen LogP contribution < -0.4 is 10.1 Å². The van der Waals surface area contributed by atoms with Crippen LogP contribution in [0.2, 0.25) is 0 Å². The molecule has 1 aliphatic heterocycles. The van der Waals surface area contributed by atoms with Gasteiger partial charge in [-0.15, -0.1) is 12.4 Å². The molecular formula is C20H22ClFN4O3. The molecule has 1 aromatic carbocycles. The van der Waals surface area contributed by atoms with E-state index in [4.69, 9.17) is 14.0 Å². The molecule has 154 valence electrons. The van der Waals surface area contributed by atoms with Gasteiger partial charge >= 0.3 is 0 Å². The van der Waals surface area contributed by atoms with Crippen LogP contribution in [0, 0.1) is 5.82 Å². The first kappa shape index (κ1) is 21.2. The first-order chi connectivity index (χ1) is 13.7. The molecule has 1 saturated heterocycles. The van der Waals surface area contributed by atoms with E-state index in [1.54, 1.807) is 31.5 Å². The summed E-state index contributed by atoms with van der Waals surface area (Å²) in [5, 5.41) is 7.47. The molecule has 0 spiro atoms. The number of rotatable bonds is 6. The summed E-state index contributed by atoms with van der Waals surface area (Å²) in [7, 11) is 1.69. The van der Waals surface area contributed by atoms with Crippen LogP contribution in [0.3, 0.4) is 0 Å². The van der Waals surface area contributed by atoms with Crippen molar-refractivity contribution in [3.8, 4) is 23.0 Å². The second-order valence-corrected chi connectivity index (χ2v) is 6.83. The van der Waals surface area contributed by atoms with Crippen LogP contribution in [-0.4, -0.2) is 41.9 Å². The minimum atomic E-state index is -0.316. The number of hydrogen-bond acceptors (Lipinski definition) is 7. The first-order valence-corrected chi connectivity index (χ1v) is 9.12. The topological polar surface area (TPSA) is 82.3 Å². The van der Waals surface area contributed by atoms with Gasteiger partial charge in [0.2, 0.25) is 17.6 Å². The van der Waals surface area contributed by atoms with E-state index in [0.29, 0.717) is 30.0 Å². The van der Waals surface area contributed by atoms with Crippen molar-refractivity contribution in [3.63, 3.8) is 0 Å². The summed E-state index contributed by atoms with van der Waals surface area (Å²) >= 11 is 0. The van der Waals surface area contributed by atoms with E-state index in [-0.39, 0.29) is 23.6 Å². The average Bonchev–Trinajstić information content (AvgIpc) is 3.22. The number of nitrogens with zero attached hydrogens (tertiary/aromatic N) is 3. The standard InChI is InChI=1S/C20H21FN4O3.ClH/c1-26-13-20(8-10-22-11-9-20)19-24-18(25-28-19)14-2-7-17(23-12-14)27-16-5-3-15(21)4-6-16;/h2-7,12,22H,8-11,13H2,1H3;1H. The normalized spacial score (nSPS) is 15.5. The fraction of sp³-hybridized carbons (Fsp3) is 0.350. The summed E-state index contributed by atoms with van der Waals surface area (Å²) in [6, 6.07) is 9.29. The Hall–Kier alpha value is -2.55. The van der Waals surface area contributed by atoms with E-state index in [1.807, 2.05) is 6.07 Å². The van der Waals surface area contributed by atoms with Gasteiger partial charge in [0.05, 0.1) is 12.0 Å². The number of benzene rings is 1. The van der Waals surface area contributed by atoms with Gasteiger partial charge in [0.25, 0.3) is 0 Å². The second kappa shape index (κ2) is 9.30. The monoisotopic (exact) mass is 420 g/mol. The molecule has 4 rings (SSSR count). The Morgan fingerprint density at radius 1 is 1.14 bits per heavy atom. The van der Waals surface area contributed by atoms with E-state index in [1.165, 1.54) is 12.1 Å². The Morgan fingerprint density at radius 2 is 1.90 bits per heavy atom. The van der Waals surface area contributed by atoms with Gasteiger partial charge in [-0.25, -0.2) is 9.37 Å². The van der Waals surface area contributed by atoms with Crippen molar-refractivity contribution in [2.45, 2.75) is 18.3 Å². The van der Waals surface area contributed by atoms with Gasteiger partial charge in [-0.3, -0.25) is 0 Å². The Labute approximate surface area is 174 Å². The van der Waals surface area contributed by atoms with Crippen LogP contribution in [0.1, 0.15) is 18.7 Å². The number of piperidine rings is 1. The lowest BCUT2D eigenvalue weighted by Gasteiger charge is -2.33. The van der Waals surface area contributed by atoms with Crippen LogP contribution in [-0.2, 0) is 10.2 Å². The maximum atomic E-state index is 13.0. The molecule has 1 N–H and O–H groups in total. The maximum absolute atomic E-state index is 13.0. The number of methoxy groups -OCH3 is 1. The summed E-state index contributed by atoms with van der Waals surface area (Å²) in [5.74, 6) is 1.66. The largest absolute Gasteiger partial charge is 0.439 e. The zero-order chi connectivity index (χ0) is 19.4. The molecular weight excluding hydrogens is 399 g/mol. The molecule has 0 bridgehead atoms. The first-order valence-electron chi connectivity index (χ1n) is 9.12. The molecule has 2 aromatic heterocycles. The van der Waals surface area contributed by atoms with Gasteiger partial charge in [-0.2, -0.15) is 4.98 Å². The zero-order valence-corrected chi connectivity index (χ0v) is 16.7. The Kier molecular flexibility index (Phi) is 6.79. The predicted octanol–water partition coefficient (Wildman–Crippen LogP) is 3.75. The third-order valence-corrected chi connectivity index (χ3v) is 4.89. The molecule has 0 radical (unpaired) electrons. The van der Waals surface area contributed by atoms with Crippen molar-refractivity contribution < 1.29 is 18.4 Å². The van der Waals surface area contributed by atoms with E-state index in [2.05, 4.69) is 20.4 Å². The van der Waals surface area contributed by atoms with Crippen molar-refractivity contribution >= 4 is 12.4 Å². The van der Waals surface area contributed by atoms with Crippen molar-refractivity contribution in [3.05, 3.63) is 54.3 Å². The minimum absolute atomic E-state index is 0. The third kappa shape index (κ3) is 4.72. The summed E-state index contributed by atoms with van der Waals surface area (Å²) in [4.78, 5) is 8.89. The summed E-state index contributed by atoms with van der Waals surface area (Å²) < 4.78 is 29.6. The Morgan fingerprint density at radius 3 is 2.55 bits per heavy atom. The molecule has 29 heavy (non-hydrogen) atoms. The minimum Gasteiger partial charge on any atom is -0.439 e. The van der Waals surface area contributed by atoms with Gasteiger partial charge in [0.1, 0.15) is 11.6 Å². The second-order valence-electron chi connectivity index (χ2n) is 6.83. The maximum Gasteiger partial charge on any atom is 0.235 e. The number of nitrogens with one attached hydrogen (secondary N) is 1. The van der Waals surface area contributed by atoms with Crippen molar-refractivity contribution in [2.24, 2.45) is 0 Å². The quantitative estimate of drug-likeness (QED) is 0.650. The van der Waals surface area contributed by atoms with Crippen LogP contribution in [0.4, 0.5) is 4.39 Å². The molecule has 0 amide bonds. The molecule has 3 aromatic rings. The smallest absolute Gasteiger partial charge is 0.235 e. The Balaban J connectivity index is 0.00000240. The predicted molar refractivity (Wildman–Crippen MR) is 107 cm³/mol. The van der Waals surface area contributed by atoms with E-state index in [9.17, 15) is 4.39 Å². The fourth-order valence-corrected chi connectivity index (χ4v) is 3.35. The molecule has 0 atom stereocenters. The molecule has 9 heteroatoms. The lowest BCUT2D eigenvalue weighted by atomic mass is 9.79. The highest BCUT2D eigenvalue weighted by atomic mass is 35.5. The Bertz CT molecular complexity index is 907. The van der Waals surface area contributed by atoms with Crippen molar-refractivity contribution in [1.82, 2.24) is 20.4 Å². The molecule has 3 heterocycles. The molecule has 1 fully saturated rings. The van der Waals surface area contributed by atoms with E-state index in [0.717, 1.165) is 31.5 Å². The van der Waals surface area contributed by atoms with Crippen LogP contribution >= 0.6 is 12.4 Å². The molecule has 7 nitrogen and oxygen atoms in total. The van der Waals surface area contributed by atoms with Crippen molar-refractivity contribution in [1.29, 1.82) is 0 Å². The van der Waals surface area contributed by atoms with Gasteiger partial charge in [0, 0.05) is 24.9 Å². The average molecular weight is 421 g/mol. The van der Waals surface area contributed by atoms with Gasteiger partial charge in [-0.1, -0.05) is 5.16 Å². The molecule has 1 aliphatic rings. The fourth-order valence-electron chi connectivity index (χ4n) is 3.35. The molecule has 0 saturated carbocycles. The van der Waals surface area contributed by atoms with Crippen LogP contribution in [0.15, 0.2) is 47.1 Å².